The van der Waals surface area contributed by atoms with Gasteiger partial charge in [0.15, 0.2) is 0 Å². The van der Waals surface area contributed by atoms with Crippen molar-refractivity contribution in [1.82, 2.24) is 15.5 Å². The second kappa shape index (κ2) is 13.6. The van der Waals surface area contributed by atoms with Crippen molar-refractivity contribution in [3.8, 4) is 0 Å². The van der Waals surface area contributed by atoms with Crippen molar-refractivity contribution in [3.05, 3.63) is 35.9 Å². The lowest BCUT2D eigenvalue weighted by molar-refractivity contribution is -0.143. The molecule has 4 amide bonds. The molecule has 1 aromatic carbocycles. The summed E-state index contributed by atoms with van der Waals surface area (Å²) in [6.07, 6.45) is 1.55. The quantitative estimate of drug-likeness (QED) is 0.249. The predicted octanol–water partition coefficient (Wildman–Crippen LogP) is -0.0868. The van der Waals surface area contributed by atoms with E-state index in [0.29, 0.717) is 32.2 Å². The highest BCUT2D eigenvalue weighted by Crippen LogP contribution is 2.20. The van der Waals surface area contributed by atoms with Crippen molar-refractivity contribution in [2.45, 2.75) is 76.5 Å². The van der Waals surface area contributed by atoms with Gasteiger partial charge in [0, 0.05) is 13.0 Å². The first-order chi connectivity index (χ1) is 17.0. The number of carbonyl (C=O) groups is 5. The molecule has 11 heteroatoms. The zero-order valence-corrected chi connectivity index (χ0v) is 20.8. The van der Waals surface area contributed by atoms with Crippen LogP contribution in [0.3, 0.4) is 0 Å². The summed E-state index contributed by atoms with van der Waals surface area (Å²) in [6, 6.07) is 5.43. The maximum absolute atomic E-state index is 13.2. The summed E-state index contributed by atoms with van der Waals surface area (Å²) in [6.45, 7) is 3.98. The highest BCUT2D eigenvalue weighted by atomic mass is 16.4. The molecule has 1 fully saturated rings. The van der Waals surface area contributed by atoms with Crippen LogP contribution in [0.2, 0.25) is 0 Å². The number of hydrogen-bond acceptors (Lipinski definition) is 6. The first kappa shape index (κ1) is 28.8. The lowest BCUT2D eigenvalue weighted by Crippen LogP contribution is -2.58. The Balaban J connectivity index is 2.09. The van der Waals surface area contributed by atoms with E-state index in [1.165, 1.54) is 4.90 Å². The standard InChI is InChI=1S/C25H37N5O6/c1-3-15(2)21(23(33)28-18(25(35)36)11-12-20(27)31)29-22(32)19-10-7-13-30(19)24(34)17(26)14-16-8-5-4-6-9-16/h4-6,8-9,15,17-19,21H,3,7,10-14,26H2,1-2H3,(H2,27,31)(H,28,33)(H,29,32)(H,35,36). The van der Waals surface area contributed by atoms with Crippen LogP contribution in [0.25, 0.3) is 0 Å². The van der Waals surface area contributed by atoms with E-state index in [1.807, 2.05) is 37.3 Å². The van der Waals surface area contributed by atoms with E-state index in [4.69, 9.17) is 11.5 Å². The van der Waals surface area contributed by atoms with Crippen molar-refractivity contribution < 1.29 is 29.1 Å². The maximum Gasteiger partial charge on any atom is 0.326 e. The van der Waals surface area contributed by atoms with Crippen LogP contribution in [-0.2, 0) is 30.4 Å². The second-order valence-corrected chi connectivity index (χ2v) is 9.26. The van der Waals surface area contributed by atoms with E-state index >= 15 is 0 Å². The largest absolute Gasteiger partial charge is 0.480 e. The zero-order valence-electron chi connectivity index (χ0n) is 20.8. The molecule has 5 unspecified atom stereocenters. The minimum atomic E-state index is -1.33. The van der Waals surface area contributed by atoms with Crippen LogP contribution in [0.1, 0.15) is 51.5 Å². The number of benzene rings is 1. The molecule has 0 aromatic heterocycles. The van der Waals surface area contributed by atoms with Gasteiger partial charge >= 0.3 is 5.97 Å². The SMILES string of the molecule is CCC(C)C(NC(=O)C1CCCN1C(=O)C(N)Cc1ccccc1)C(=O)NC(CCC(N)=O)C(=O)O. The normalized spacial score (nSPS) is 18.5. The minimum Gasteiger partial charge on any atom is -0.480 e. The molecular weight excluding hydrogens is 466 g/mol. The number of carbonyl (C=O) groups excluding carboxylic acids is 4. The number of nitrogens with one attached hydrogen (secondary N) is 2. The van der Waals surface area contributed by atoms with Gasteiger partial charge in [-0.15, -0.1) is 0 Å². The molecule has 0 bridgehead atoms. The van der Waals surface area contributed by atoms with Crippen LogP contribution in [0.5, 0.6) is 0 Å². The maximum atomic E-state index is 13.2. The lowest BCUT2D eigenvalue weighted by atomic mass is 9.97. The molecule has 198 valence electrons. The number of rotatable bonds is 13. The molecule has 7 N–H and O–H groups in total. The Labute approximate surface area is 211 Å². The molecule has 1 heterocycles. The summed E-state index contributed by atoms with van der Waals surface area (Å²) < 4.78 is 0. The molecule has 1 aromatic rings. The zero-order chi connectivity index (χ0) is 26.8. The number of nitrogens with zero attached hydrogens (tertiary/aromatic N) is 1. The number of aliphatic carboxylic acids is 1. The van der Waals surface area contributed by atoms with E-state index in [2.05, 4.69) is 10.6 Å². The van der Waals surface area contributed by atoms with E-state index in [0.717, 1.165) is 5.56 Å². The van der Waals surface area contributed by atoms with E-state index in [1.54, 1.807) is 6.92 Å². The molecule has 1 aliphatic heterocycles. The average Bonchev–Trinajstić information content (AvgIpc) is 3.34. The number of carboxylic acid groups (broad SMARTS) is 1. The Hall–Kier alpha value is -3.47. The Bertz CT molecular complexity index is 940. The van der Waals surface area contributed by atoms with E-state index in [-0.39, 0.29) is 24.7 Å². The van der Waals surface area contributed by atoms with Crippen LogP contribution in [-0.4, -0.2) is 70.3 Å². The van der Waals surface area contributed by atoms with Gasteiger partial charge in [-0.25, -0.2) is 4.79 Å². The van der Waals surface area contributed by atoms with E-state index < -0.39 is 47.9 Å². The van der Waals surface area contributed by atoms with Gasteiger partial charge in [-0.05, 0) is 37.2 Å². The summed E-state index contributed by atoms with van der Waals surface area (Å²) in [5, 5.41) is 14.5. The molecule has 0 radical (unpaired) electrons. The molecule has 0 saturated carbocycles. The smallest absolute Gasteiger partial charge is 0.326 e. The third-order valence-corrected chi connectivity index (χ3v) is 6.54. The first-order valence-corrected chi connectivity index (χ1v) is 12.3. The van der Waals surface area contributed by atoms with Crippen molar-refractivity contribution in [1.29, 1.82) is 0 Å². The van der Waals surface area contributed by atoms with Crippen molar-refractivity contribution in [2.24, 2.45) is 17.4 Å². The Morgan fingerprint density at radius 3 is 2.39 bits per heavy atom. The number of hydrogen-bond donors (Lipinski definition) is 5. The lowest BCUT2D eigenvalue weighted by Gasteiger charge is -2.30. The van der Waals surface area contributed by atoms with Gasteiger partial charge < -0.3 is 32.1 Å². The van der Waals surface area contributed by atoms with Crippen LogP contribution in [0.15, 0.2) is 30.3 Å². The average molecular weight is 504 g/mol. The first-order valence-electron chi connectivity index (χ1n) is 12.3. The molecule has 5 atom stereocenters. The fourth-order valence-electron chi connectivity index (χ4n) is 4.23. The topological polar surface area (TPSA) is 185 Å². The summed E-state index contributed by atoms with van der Waals surface area (Å²) in [4.78, 5) is 63.3. The van der Waals surface area contributed by atoms with Gasteiger partial charge in [0.05, 0.1) is 6.04 Å². The van der Waals surface area contributed by atoms with Crippen LogP contribution >= 0.6 is 0 Å². The van der Waals surface area contributed by atoms with Gasteiger partial charge in [0.25, 0.3) is 0 Å². The van der Waals surface area contributed by atoms with Crippen LogP contribution in [0.4, 0.5) is 0 Å². The molecule has 11 nitrogen and oxygen atoms in total. The number of nitrogens with two attached hydrogens (primary N) is 2. The van der Waals surface area contributed by atoms with Crippen LogP contribution < -0.4 is 22.1 Å². The number of primary amides is 1. The Morgan fingerprint density at radius 1 is 1.14 bits per heavy atom. The fraction of sp³-hybridized carbons (Fsp3) is 0.560. The van der Waals surface area contributed by atoms with Crippen molar-refractivity contribution in [3.63, 3.8) is 0 Å². The molecule has 1 saturated heterocycles. The number of likely N-dealkylation sites (tertiary alicyclic amines) is 1. The van der Waals surface area contributed by atoms with Crippen molar-refractivity contribution >= 4 is 29.6 Å². The van der Waals surface area contributed by atoms with Gasteiger partial charge in [-0.3, -0.25) is 19.2 Å². The highest BCUT2D eigenvalue weighted by Gasteiger charge is 2.38. The van der Waals surface area contributed by atoms with Gasteiger partial charge in [-0.2, -0.15) is 0 Å². The predicted molar refractivity (Wildman–Crippen MR) is 132 cm³/mol. The third kappa shape index (κ3) is 8.04. The third-order valence-electron chi connectivity index (χ3n) is 6.54. The molecule has 1 aliphatic rings. The summed E-state index contributed by atoms with van der Waals surface area (Å²) in [7, 11) is 0. The number of amides is 4. The highest BCUT2D eigenvalue weighted by molar-refractivity contribution is 5.94. The monoisotopic (exact) mass is 503 g/mol. The van der Waals surface area contributed by atoms with E-state index in [9.17, 15) is 29.1 Å². The molecular formula is C25H37N5O6. The van der Waals surface area contributed by atoms with Gasteiger partial charge in [-0.1, -0.05) is 50.6 Å². The summed E-state index contributed by atoms with van der Waals surface area (Å²) in [5.41, 5.74) is 12.2. The number of carboxylic acids is 1. The van der Waals surface area contributed by atoms with Gasteiger partial charge in [0.1, 0.15) is 18.1 Å². The second-order valence-electron chi connectivity index (χ2n) is 9.26. The summed E-state index contributed by atoms with van der Waals surface area (Å²) >= 11 is 0. The molecule has 0 spiro atoms. The van der Waals surface area contributed by atoms with Gasteiger partial charge in [0.2, 0.25) is 23.6 Å². The molecule has 0 aliphatic carbocycles. The Kier molecular flexibility index (Phi) is 10.8. The fourth-order valence-corrected chi connectivity index (χ4v) is 4.23. The summed E-state index contributed by atoms with van der Waals surface area (Å²) in [5.74, 6) is -3.80. The Morgan fingerprint density at radius 2 is 1.81 bits per heavy atom. The van der Waals surface area contributed by atoms with Crippen molar-refractivity contribution in [2.75, 3.05) is 6.54 Å². The van der Waals surface area contributed by atoms with Crippen LogP contribution in [0, 0.1) is 5.92 Å². The molecule has 2 rings (SSSR count). The molecule has 36 heavy (non-hydrogen) atoms. The minimum absolute atomic E-state index is 0.165.